The van der Waals surface area contributed by atoms with Gasteiger partial charge in [0.25, 0.3) is 5.91 Å². The predicted molar refractivity (Wildman–Crippen MR) is 65.6 cm³/mol. The van der Waals surface area contributed by atoms with Gasteiger partial charge in [0, 0.05) is 19.3 Å². The van der Waals surface area contributed by atoms with Crippen LogP contribution in [0.15, 0.2) is 18.3 Å². The Labute approximate surface area is 97.0 Å². The third-order valence-corrected chi connectivity index (χ3v) is 2.42. The zero-order valence-corrected chi connectivity index (χ0v) is 10.1. The highest BCUT2D eigenvalue weighted by atomic mass is 16.1. The summed E-state index contributed by atoms with van der Waals surface area (Å²) in [6, 6.07) is 3.78. The number of hydrogen-bond donors (Lipinski definition) is 2. The Kier molecular flexibility index (Phi) is 5.64. The van der Waals surface area contributed by atoms with Crippen LogP contribution in [0.5, 0.6) is 0 Å². The molecule has 1 aromatic rings. The van der Waals surface area contributed by atoms with Crippen LogP contribution in [0.25, 0.3) is 0 Å². The lowest BCUT2D eigenvalue weighted by atomic mass is 10.3. The first-order valence-electron chi connectivity index (χ1n) is 5.87. The van der Waals surface area contributed by atoms with Gasteiger partial charge in [-0.05, 0) is 38.6 Å². The molecule has 0 aliphatic heterocycles. The summed E-state index contributed by atoms with van der Waals surface area (Å²) in [6.07, 6.45) is 3.94. The van der Waals surface area contributed by atoms with Crippen LogP contribution in [0.2, 0.25) is 0 Å². The number of hydrogen-bond acceptors (Lipinski definition) is 2. The molecule has 1 rings (SSSR count). The van der Waals surface area contributed by atoms with Crippen molar-refractivity contribution in [2.24, 2.45) is 0 Å². The van der Waals surface area contributed by atoms with E-state index in [2.05, 4.69) is 17.6 Å². The summed E-state index contributed by atoms with van der Waals surface area (Å²) in [7, 11) is 1.91. The van der Waals surface area contributed by atoms with Gasteiger partial charge in [-0.1, -0.05) is 6.92 Å². The number of amides is 1. The molecule has 0 unspecified atom stereocenters. The largest absolute Gasteiger partial charge is 0.351 e. The highest BCUT2D eigenvalue weighted by Gasteiger charge is 2.08. The normalized spacial score (nSPS) is 10.4. The van der Waals surface area contributed by atoms with Crippen molar-refractivity contribution in [1.29, 1.82) is 0 Å². The smallest absolute Gasteiger partial charge is 0.267 e. The van der Waals surface area contributed by atoms with E-state index in [1.165, 1.54) is 0 Å². The van der Waals surface area contributed by atoms with Crippen molar-refractivity contribution in [3.05, 3.63) is 24.0 Å². The van der Waals surface area contributed by atoms with Crippen molar-refractivity contribution in [3.63, 3.8) is 0 Å². The maximum Gasteiger partial charge on any atom is 0.267 e. The standard InChI is InChI=1S/C12H21N3O/c1-3-9-15-10-4-6-11(15)12(16)14-8-5-7-13-2/h4,6,10,13H,3,5,7-9H2,1-2H3,(H,14,16). The van der Waals surface area contributed by atoms with Gasteiger partial charge >= 0.3 is 0 Å². The van der Waals surface area contributed by atoms with Crippen LogP contribution in [0, 0.1) is 0 Å². The molecule has 0 atom stereocenters. The van der Waals surface area contributed by atoms with E-state index in [4.69, 9.17) is 0 Å². The molecule has 1 aromatic heterocycles. The second-order valence-electron chi connectivity index (χ2n) is 3.80. The van der Waals surface area contributed by atoms with Crippen LogP contribution in [-0.4, -0.2) is 30.6 Å². The van der Waals surface area contributed by atoms with E-state index >= 15 is 0 Å². The molecule has 0 aromatic carbocycles. The monoisotopic (exact) mass is 223 g/mol. The molecule has 0 aliphatic carbocycles. The highest BCUT2D eigenvalue weighted by Crippen LogP contribution is 2.03. The third-order valence-electron chi connectivity index (χ3n) is 2.42. The van der Waals surface area contributed by atoms with E-state index in [9.17, 15) is 4.79 Å². The van der Waals surface area contributed by atoms with Gasteiger partial charge in [-0.3, -0.25) is 4.79 Å². The Bertz CT molecular complexity index is 320. The van der Waals surface area contributed by atoms with Gasteiger partial charge in [0.15, 0.2) is 0 Å². The minimum atomic E-state index is 0.0227. The molecule has 2 N–H and O–H groups in total. The molecular weight excluding hydrogens is 202 g/mol. The summed E-state index contributed by atoms with van der Waals surface area (Å²) >= 11 is 0. The topological polar surface area (TPSA) is 46.1 Å². The lowest BCUT2D eigenvalue weighted by molar-refractivity contribution is 0.0944. The van der Waals surface area contributed by atoms with Gasteiger partial charge in [-0.25, -0.2) is 0 Å². The first-order chi connectivity index (χ1) is 7.79. The van der Waals surface area contributed by atoms with Crippen molar-refractivity contribution in [2.75, 3.05) is 20.1 Å². The summed E-state index contributed by atoms with van der Waals surface area (Å²) in [5.41, 5.74) is 0.756. The Morgan fingerprint density at radius 3 is 2.94 bits per heavy atom. The first kappa shape index (κ1) is 12.8. The zero-order chi connectivity index (χ0) is 11.8. The summed E-state index contributed by atoms with van der Waals surface area (Å²) in [4.78, 5) is 11.8. The lowest BCUT2D eigenvalue weighted by Crippen LogP contribution is -2.28. The molecule has 0 fully saturated rings. The number of nitrogens with one attached hydrogen (secondary N) is 2. The zero-order valence-electron chi connectivity index (χ0n) is 10.1. The molecule has 0 radical (unpaired) electrons. The summed E-state index contributed by atoms with van der Waals surface area (Å²) in [5, 5.41) is 5.97. The molecule has 0 saturated heterocycles. The van der Waals surface area contributed by atoms with Crippen molar-refractivity contribution in [3.8, 4) is 0 Å². The van der Waals surface area contributed by atoms with Gasteiger partial charge in [-0.2, -0.15) is 0 Å². The number of aryl methyl sites for hydroxylation is 1. The van der Waals surface area contributed by atoms with Crippen molar-refractivity contribution < 1.29 is 4.79 Å². The highest BCUT2D eigenvalue weighted by molar-refractivity contribution is 5.92. The lowest BCUT2D eigenvalue weighted by Gasteiger charge is -2.08. The van der Waals surface area contributed by atoms with E-state index in [0.29, 0.717) is 0 Å². The molecular formula is C12H21N3O. The first-order valence-corrected chi connectivity index (χ1v) is 5.87. The fourth-order valence-electron chi connectivity index (χ4n) is 1.61. The van der Waals surface area contributed by atoms with Crippen LogP contribution in [-0.2, 0) is 6.54 Å². The fourth-order valence-corrected chi connectivity index (χ4v) is 1.61. The molecule has 4 heteroatoms. The predicted octanol–water partition coefficient (Wildman–Crippen LogP) is 1.24. The van der Waals surface area contributed by atoms with Crippen LogP contribution >= 0.6 is 0 Å². The molecule has 0 spiro atoms. The van der Waals surface area contributed by atoms with E-state index < -0.39 is 0 Å². The number of carbonyl (C=O) groups is 1. The Morgan fingerprint density at radius 1 is 1.44 bits per heavy atom. The Morgan fingerprint density at radius 2 is 2.25 bits per heavy atom. The molecule has 0 saturated carbocycles. The third kappa shape index (κ3) is 3.70. The maximum atomic E-state index is 11.8. The van der Waals surface area contributed by atoms with Gasteiger partial charge in [0.05, 0.1) is 0 Å². The van der Waals surface area contributed by atoms with Gasteiger partial charge in [-0.15, -0.1) is 0 Å². The van der Waals surface area contributed by atoms with Gasteiger partial charge < -0.3 is 15.2 Å². The molecule has 0 bridgehead atoms. The molecule has 4 nitrogen and oxygen atoms in total. The van der Waals surface area contributed by atoms with Crippen molar-refractivity contribution in [2.45, 2.75) is 26.3 Å². The van der Waals surface area contributed by atoms with Crippen LogP contribution in [0.3, 0.4) is 0 Å². The van der Waals surface area contributed by atoms with E-state index in [1.807, 2.05) is 29.9 Å². The number of rotatable bonds is 7. The van der Waals surface area contributed by atoms with Gasteiger partial charge in [0.1, 0.15) is 5.69 Å². The Balaban J connectivity index is 2.42. The Hall–Kier alpha value is -1.29. The van der Waals surface area contributed by atoms with E-state index in [0.717, 1.165) is 38.2 Å². The molecule has 1 amide bonds. The second-order valence-corrected chi connectivity index (χ2v) is 3.80. The van der Waals surface area contributed by atoms with Crippen LogP contribution < -0.4 is 10.6 Å². The number of aromatic nitrogens is 1. The summed E-state index contributed by atoms with van der Waals surface area (Å²) in [5.74, 6) is 0.0227. The average Bonchev–Trinajstić information content (AvgIpc) is 2.73. The minimum absolute atomic E-state index is 0.0227. The summed E-state index contributed by atoms with van der Waals surface area (Å²) < 4.78 is 1.99. The van der Waals surface area contributed by atoms with Gasteiger partial charge in [0.2, 0.25) is 0 Å². The fraction of sp³-hybridized carbons (Fsp3) is 0.583. The van der Waals surface area contributed by atoms with E-state index in [1.54, 1.807) is 0 Å². The van der Waals surface area contributed by atoms with Crippen LogP contribution in [0.4, 0.5) is 0 Å². The van der Waals surface area contributed by atoms with Crippen LogP contribution in [0.1, 0.15) is 30.3 Å². The molecule has 1 heterocycles. The molecule has 90 valence electrons. The van der Waals surface area contributed by atoms with Crippen molar-refractivity contribution in [1.82, 2.24) is 15.2 Å². The van der Waals surface area contributed by atoms with Crippen molar-refractivity contribution >= 4 is 5.91 Å². The number of nitrogens with zero attached hydrogens (tertiary/aromatic N) is 1. The molecule has 0 aliphatic rings. The SMILES string of the molecule is CCCn1cccc1C(=O)NCCCNC. The quantitative estimate of drug-likeness (QED) is 0.683. The van der Waals surface area contributed by atoms with E-state index in [-0.39, 0.29) is 5.91 Å². The number of carbonyl (C=O) groups excluding carboxylic acids is 1. The summed E-state index contributed by atoms with van der Waals surface area (Å²) in [6.45, 7) is 4.65. The second kappa shape index (κ2) is 7.06. The maximum absolute atomic E-state index is 11.8. The molecule has 16 heavy (non-hydrogen) atoms. The average molecular weight is 223 g/mol. The minimum Gasteiger partial charge on any atom is -0.351 e.